The van der Waals surface area contributed by atoms with Crippen LogP contribution in [0.1, 0.15) is 5.56 Å². The highest BCUT2D eigenvalue weighted by molar-refractivity contribution is 6.33. The topological polar surface area (TPSA) is 142 Å². The fourth-order valence-corrected chi connectivity index (χ4v) is 4.48. The number of H-pyrrole nitrogens is 1. The van der Waals surface area contributed by atoms with Gasteiger partial charge in [0.15, 0.2) is 6.61 Å². The molecule has 192 valence electrons. The van der Waals surface area contributed by atoms with E-state index in [2.05, 4.69) is 10.3 Å². The number of phenolic OH excluding ortho intramolecular Hbond substituents is 1. The third-order valence-electron chi connectivity index (χ3n) is 6.05. The van der Waals surface area contributed by atoms with Gasteiger partial charge in [-0.25, -0.2) is 9.59 Å². The molecular weight excluding hydrogens is 512 g/mol. The van der Waals surface area contributed by atoms with Gasteiger partial charge in [-0.3, -0.25) is 4.79 Å². The number of aromatic amines is 1. The zero-order chi connectivity index (χ0) is 26.8. The van der Waals surface area contributed by atoms with Gasteiger partial charge in [0.2, 0.25) is 0 Å². The van der Waals surface area contributed by atoms with Gasteiger partial charge in [-0.2, -0.15) is 0 Å². The minimum absolute atomic E-state index is 0.0192. The van der Waals surface area contributed by atoms with Crippen LogP contribution in [0.4, 0.5) is 0 Å². The Morgan fingerprint density at radius 2 is 1.84 bits per heavy atom. The first kappa shape index (κ1) is 24.9. The first-order valence-electron chi connectivity index (χ1n) is 11.6. The number of carbonyl (C=O) groups is 2. The molecule has 0 aliphatic heterocycles. The molecule has 0 saturated carbocycles. The van der Waals surface area contributed by atoms with E-state index in [1.807, 2.05) is 30.3 Å². The molecule has 3 aromatic carbocycles. The van der Waals surface area contributed by atoms with Crippen molar-refractivity contribution in [3.8, 4) is 22.6 Å². The normalized spacial score (nSPS) is 11.9. The molecule has 4 N–H and O–H groups in total. The first-order valence-corrected chi connectivity index (χ1v) is 11.9. The first-order chi connectivity index (χ1) is 18.3. The lowest BCUT2D eigenvalue weighted by molar-refractivity contribution is -0.142. The summed E-state index contributed by atoms with van der Waals surface area (Å²) in [5.74, 6) is -1.77. The monoisotopic (exact) mass is 532 g/mol. The van der Waals surface area contributed by atoms with Gasteiger partial charge >= 0.3 is 11.6 Å². The van der Waals surface area contributed by atoms with Crippen LogP contribution in [-0.2, 0) is 16.0 Å². The lowest BCUT2D eigenvalue weighted by Crippen LogP contribution is -2.44. The van der Waals surface area contributed by atoms with Gasteiger partial charge in [-0.1, -0.05) is 41.9 Å². The number of rotatable bonds is 8. The molecule has 0 aliphatic carbocycles. The maximum Gasteiger partial charge on any atom is 0.336 e. The zero-order valence-electron chi connectivity index (χ0n) is 19.7. The number of halogens is 1. The van der Waals surface area contributed by atoms with Crippen molar-refractivity contribution in [3.05, 3.63) is 93.9 Å². The second-order valence-corrected chi connectivity index (χ2v) is 9.03. The van der Waals surface area contributed by atoms with Crippen LogP contribution in [0.15, 0.2) is 82.1 Å². The van der Waals surface area contributed by atoms with E-state index < -0.39 is 30.2 Å². The molecule has 9 nitrogen and oxygen atoms in total. The van der Waals surface area contributed by atoms with Gasteiger partial charge in [0.1, 0.15) is 23.1 Å². The van der Waals surface area contributed by atoms with Crippen molar-refractivity contribution in [2.24, 2.45) is 0 Å². The number of carbonyl (C=O) groups excluding carboxylic acids is 1. The molecule has 38 heavy (non-hydrogen) atoms. The molecule has 1 amide bonds. The van der Waals surface area contributed by atoms with Crippen LogP contribution in [-0.4, -0.2) is 39.7 Å². The second-order valence-electron chi connectivity index (χ2n) is 8.62. The standard InChI is InChI=1S/C28H21ClN2O7/c29-21-10-20-18(15-4-2-1-3-5-15)11-27(34)38-24(20)12-25(21)37-14-26(33)31-23(28(35)36)8-16-13-30-22-7-6-17(32)9-19(16)22/h1-7,9-13,23,30,32H,8,14H2,(H,31,33)(H,35,36)/t23-/m1/s1. The van der Waals surface area contributed by atoms with Crippen molar-refractivity contribution in [3.63, 3.8) is 0 Å². The van der Waals surface area contributed by atoms with E-state index in [9.17, 15) is 24.6 Å². The molecule has 5 rings (SSSR count). The van der Waals surface area contributed by atoms with Crippen LogP contribution < -0.4 is 15.7 Å². The molecular formula is C28H21ClN2O7. The molecule has 10 heteroatoms. The van der Waals surface area contributed by atoms with Gasteiger partial charge in [0.25, 0.3) is 5.91 Å². The van der Waals surface area contributed by atoms with Crippen LogP contribution in [0.2, 0.25) is 5.02 Å². The van der Waals surface area contributed by atoms with E-state index in [1.165, 1.54) is 24.3 Å². The van der Waals surface area contributed by atoms with Gasteiger partial charge in [0.05, 0.1) is 5.02 Å². The average Bonchev–Trinajstić information content (AvgIpc) is 3.29. The van der Waals surface area contributed by atoms with Gasteiger partial charge in [0, 0.05) is 41.0 Å². The number of nitrogens with one attached hydrogen (secondary N) is 2. The molecule has 0 unspecified atom stereocenters. The Bertz CT molecular complexity index is 1730. The smallest absolute Gasteiger partial charge is 0.336 e. The van der Waals surface area contributed by atoms with Crippen molar-refractivity contribution < 1.29 is 29.0 Å². The number of ether oxygens (including phenoxy) is 1. The zero-order valence-corrected chi connectivity index (χ0v) is 20.5. The summed E-state index contributed by atoms with van der Waals surface area (Å²) in [6.45, 7) is -0.522. The summed E-state index contributed by atoms with van der Waals surface area (Å²) in [5, 5.41) is 23.3. The van der Waals surface area contributed by atoms with Crippen molar-refractivity contribution in [2.45, 2.75) is 12.5 Å². The number of aromatic hydroxyl groups is 1. The summed E-state index contributed by atoms with van der Waals surface area (Å²) in [6.07, 6.45) is 1.61. The number of aliphatic carboxylic acids is 1. The van der Waals surface area contributed by atoms with Gasteiger partial charge in [-0.05, 0) is 41.0 Å². The van der Waals surface area contributed by atoms with Gasteiger partial charge in [-0.15, -0.1) is 0 Å². The largest absolute Gasteiger partial charge is 0.508 e. The lowest BCUT2D eigenvalue weighted by Gasteiger charge is -2.15. The number of carboxylic acid groups (broad SMARTS) is 1. The number of carboxylic acids is 1. The molecule has 1 atom stereocenters. The fourth-order valence-electron chi connectivity index (χ4n) is 4.26. The number of amides is 1. The third kappa shape index (κ3) is 5.18. The highest BCUT2D eigenvalue weighted by atomic mass is 35.5. The average molecular weight is 533 g/mol. The van der Waals surface area contributed by atoms with E-state index in [4.69, 9.17) is 20.8 Å². The van der Waals surface area contributed by atoms with Crippen molar-refractivity contribution >= 4 is 45.3 Å². The van der Waals surface area contributed by atoms with Crippen LogP contribution >= 0.6 is 11.6 Å². The Hall–Kier alpha value is -4.76. The number of fused-ring (bicyclic) bond motifs is 2. The number of benzene rings is 3. The Morgan fingerprint density at radius 1 is 1.05 bits per heavy atom. The molecule has 0 saturated heterocycles. The Morgan fingerprint density at radius 3 is 2.61 bits per heavy atom. The number of aromatic nitrogens is 1. The Labute approximate surface area is 220 Å². The highest BCUT2D eigenvalue weighted by Gasteiger charge is 2.23. The molecule has 5 aromatic rings. The van der Waals surface area contributed by atoms with E-state index in [1.54, 1.807) is 18.3 Å². The SMILES string of the molecule is O=C(COc1cc2oc(=O)cc(-c3ccccc3)c2cc1Cl)N[C@H](Cc1c[nH]c2ccc(O)cc12)C(=O)O. The van der Waals surface area contributed by atoms with Gasteiger partial charge < -0.3 is 29.7 Å². The van der Waals surface area contributed by atoms with Crippen LogP contribution in [0.5, 0.6) is 11.5 Å². The molecule has 0 spiro atoms. The summed E-state index contributed by atoms with van der Waals surface area (Å²) in [5.41, 5.74) is 2.45. The van der Waals surface area contributed by atoms with E-state index >= 15 is 0 Å². The molecule has 0 fully saturated rings. The maximum absolute atomic E-state index is 12.6. The molecule has 2 heterocycles. The lowest BCUT2D eigenvalue weighted by atomic mass is 10.0. The van der Waals surface area contributed by atoms with Crippen LogP contribution in [0.3, 0.4) is 0 Å². The van der Waals surface area contributed by atoms with E-state index in [0.29, 0.717) is 21.9 Å². The predicted molar refractivity (Wildman–Crippen MR) is 142 cm³/mol. The molecule has 2 aromatic heterocycles. The summed E-state index contributed by atoms with van der Waals surface area (Å²) in [7, 11) is 0. The van der Waals surface area contributed by atoms with Crippen molar-refractivity contribution in [1.82, 2.24) is 10.3 Å². The highest BCUT2D eigenvalue weighted by Crippen LogP contribution is 2.34. The van der Waals surface area contributed by atoms with Crippen LogP contribution in [0, 0.1) is 0 Å². The molecule has 0 aliphatic rings. The summed E-state index contributed by atoms with van der Waals surface area (Å²) < 4.78 is 10.9. The number of hydrogen-bond donors (Lipinski definition) is 4. The minimum Gasteiger partial charge on any atom is -0.508 e. The van der Waals surface area contributed by atoms with E-state index in [-0.39, 0.29) is 28.5 Å². The Kier molecular flexibility index (Phi) is 6.76. The Balaban J connectivity index is 1.32. The quantitative estimate of drug-likeness (QED) is 0.216. The predicted octanol–water partition coefficient (Wildman–Crippen LogP) is 4.49. The molecule has 0 radical (unpaired) electrons. The van der Waals surface area contributed by atoms with Crippen molar-refractivity contribution in [1.29, 1.82) is 0 Å². The number of hydrogen-bond acceptors (Lipinski definition) is 6. The van der Waals surface area contributed by atoms with E-state index in [0.717, 1.165) is 11.1 Å². The summed E-state index contributed by atoms with van der Waals surface area (Å²) in [4.78, 5) is 39.6. The number of phenols is 1. The minimum atomic E-state index is -1.24. The van der Waals surface area contributed by atoms with Crippen molar-refractivity contribution in [2.75, 3.05) is 6.61 Å². The summed E-state index contributed by atoms with van der Waals surface area (Å²) >= 11 is 6.41. The fraction of sp³-hybridized carbons (Fsp3) is 0.107. The molecule has 0 bridgehead atoms. The maximum atomic E-state index is 12.6. The summed E-state index contributed by atoms with van der Waals surface area (Å²) in [6, 6.07) is 17.1. The van der Waals surface area contributed by atoms with Crippen LogP contribution in [0.25, 0.3) is 33.0 Å². The third-order valence-corrected chi connectivity index (χ3v) is 6.34. The second kappa shape index (κ2) is 10.3.